The summed E-state index contributed by atoms with van der Waals surface area (Å²) < 4.78 is 18.7. The summed E-state index contributed by atoms with van der Waals surface area (Å²) in [7, 11) is 1.66. The molecule has 0 aromatic heterocycles. The number of halogens is 1. The van der Waals surface area contributed by atoms with Crippen molar-refractivity contribution in [1.82, 2.24) is 5.32 Å². The predicted molar refractivity (Wildman–Crippen MR) is 84.3 cm³/mol. The van der Waals surface area contributed by atoms with Crippen LogP contribution < -0.4 is 10.1 Å². The smallest absolute Gasteiger partial charge is 0.123 e. The molecule has 1 N–H and O–H groups in total. The van der Waals surface area contributed by atoms with Gasteiger partial charge in [-0.05, 0) is 60.8 Å². The maximum absolute atomic E-state index is 13.3. The van der Waals surface area contributed by atoms with Crippen molar-refractivity contribution in [1.29, 1.82) is 0 Å². The average Bonchev–Trinajstić information content (AvgIpc) is 2.49. The molecular formula is C18H22FNO. The highest BCUT2D eigenvalue weighted by molar-refractivity contribution is 5.40. The van der Waals surface area contributed by atoms with Crippen molar-refractivity contribution in [2.24, 2.45) is 0 Å². The largest absolute Gasteiger partial charge is 0.497 e. The molecule has 21 heavy (non-hydrogen) atoms. The van der Waals surface area contributed by atoms with Crippen molar-refractivity contribution in [3.05, 3.63) is 65.0 Å². The average molecular weight is 287 g/mol. The number of ether oxygens (including phenoxy) is 1. The van der Waals surface area contributed by atoms with Crippen molar-refractivity contribution in [2.75, 3.05) is 13.7 Å². The Morgan fingerprint density at radius 3 is 2.67 bits per heavy atom. The second kappa shape index (κ2) is 7.23. The minimum absolute atomic E-state index is 0.0423. The molecule has 0 amide bonds. The van der Waals surface area contributed by atoms with E-state index in [1.807, 2.05) is 31.2 Å². The summed E-state index contributed by atoms with van der Waals surface area (Å²) in [6.45, 7) is 4.98. The lowest BCUT2D eigenvalue weighted by molar-refractivity contribution is 0.413. The molecule has 112 valence electrons. The summed E-state index contributed by atoms with van der Waals surface area (Å²) in [4.78, 5) is 0. The fourth-order valence-electron chi connectivity index (χ4n) is 2.48. The van der Waals surface area contributed by atoms with Crippen LogP contribution in [0.3, 0.4) is 0 Å². The van der Waals surface area contributed by atoms with Crippen LogP contribution in [0.15, 0.2) is 42.5 Å². The van der Waals surface area contributed by atoms with Crippen LogP contribution in [-0.2, 0) is 0 Å². The van der Waals surface area contributed by atoms with E-state index >= 15 is 0 Å². The molecule has 0 saturated heterocycles. The Morgan fingerprint density at radius 2 is 2.00 bits per heavy atom. The normalized spacial score (nSPS) is 12.2. The highest BCUT2D eigenvalue weighted by Crippen LogP contribution is 2.27. The molecule has 3 heteroatoms. The Morgan fingerprint density at radius 1 is 1.19 bits per heavy atom. The molecule has 0 aliphatic carbocycles. The number of nitrogens with one attached hydrogen (secondary N) is 1. The van der Waals surface area contributed by atoms with Gasteiger partial charge in [0.15, 0.2) is 0 Å². The number of aryl methyl sites for hydroxylation is 1. The van der Waals surface area contributed by atoms with Crippen molar-refractivity contribution < 1.29 is 9.13 Å². The molecule has 2 aromatic rings. The van der Waals surface area contributed by atoms with E-state index in [9.17, 15) is 4.39 Å². The maximum atomic E-state index is 13.3. The van der Waals surface area contributed by atoms with Gasteiger partial charge in [0.2, 0.25) is 0 Å². The van der Waals surface area contributed by atoms with Crippen molar-refractivity contribution in [2.45, 2.75) is 26.3 Å². The lowest BCUT2D eigenvalue weighted by Gasteiger charge is -2.22. The third kappa shape index (κ3) is 3.82. The number of rotatable bonds is 6. The number of methoxy groups -OCH3 is 1. The predicted octanol–water partition coefficient (Wildman–Crippen LogP) is 4.23. The first-order chi connectivity index (χ1) is 10.2. The zero-order valence-electron chi connectivity index (χ0n) is 12.8. The van der Waals surface area contributed by atoms with E-state index < -0.39 is 0 Å². The minimum atomic E-state index is -0.198. The van der Waals surface area contributed by atoms with E-state index in [-0.39, 0.29) is 11.9 Å². The summed E-state index contributed by atoms with van der Waals surface area (Å²) in [5.41, 5.74) is 3.17. The van der Waals surface area contributed by atoms with Crippen molar-refractivity contribution in [3.8, 4) is 5.75 Å². The van der Waals surface area contributed by atoms with Gasteiger partial charge in [0.1, 0.15) is 11.6 Å². The topological polar surface area (TPSA) is 21.3 Å². The Kier molecular flexibility index (Phi) is 5.34. The molecular weight excluding hydrogens is 265 g/mol. The van der Waals surface area contributed by atoms with E-state index in [0.29, 0.717) is 0 Å². The zero-order valence-corrected chi connectivity index (χ0v) is 12.8. The third-order valence-electron chi connectivity index (χ3n) is 3.57. The summed E-state index contributed by atoms with van der Waals surface area (Å²) >= 11 is 0. The van der Waals surface area contributed by atoms with Gasteiger partial charge in [-0.1, -0.05) is 25.1 Å². The molecule has 1 atom stereocenters. The second-order valence-corrected chi connectivity index (χ2v) is 5.16. The van der Waals surface area contributed by atoms with E-state index in [1.54, 1.807) is 13.2 Å². The first-order valence-corrected chi connectivity index (χ1v) is 7.29. The van der Waals surface area contributed by atoms with Gasteiger partial charge in [-0.3, -0.25) is 0 Å². The molecule has 2 aromatic carbocycles. The van der Waals surface area contributed by atoms with Crippen LogP contribution in [-0.4, -0.2) is 13.7 Å². The van der Waals surface area contributed by atoms with Crippen molar-refractivity contribution >= 4 is 0 Å². The summed E-state index contributed by atoms with van der Waals surface area (Å²) in [5, 5.41) is 3.54. The molecule has 0 heterocycles. The van der Waals surface area contributed by atoms with Gasteiger partial charge in [-0.2, -0.15) is 0 Å². The van der Waals surface area contributed by atoms with E-state index in [1.165, 1.54) is 6.07 Å². The Hall–Kier alpha value is -1.87. The number of benzene rings is 2. The van der Waals surface area contributed by atoms with E-state index in [2.05, 4.69) is 18.3 Å². The van der Waals surface area contributed by atoms with E-state index in [4.69, 9.17) is 4.74 Å². The van der Waals surface area contributed by atoms with Gasteiger partial charge in [0.05, 0.1) is 13.2 Å². The second-order valence-electron chi connectivity index (χ2n) is 5.16. The van der Waals surface area contributed by atoms with E-state index in [0.717, 1.165) is 35.4 Å². The van der Waals surface area contributed by atoms with Crippen LogP contribution in [0.4, 0.5) is 4.39 Å². The van der Waals surface area contributed by atoms with Crippen LogP contribution in [0.1, 0.15) is 36.1 Å². The van der Waals surface area contributed by atoms with Crippen LogP contribution in [0, 0.1) is 12.7 Å². The molecule has 1 unspecified atom stereocenters. The molecule has 0 bridgehead atoms. The molecule has 0 spiro atoms. The quantitative estimate of drug-likeness (QED) is 0.858. The summed E-state index contributed by atoms with van der Waals surface area (Å²) in [6.07, 6.45) is 1.04. The third-order valence-corrected chi connectivity index (χ3v) is 3.57. The molecule has 2 nitrogen and oxygen atoms in total. The first kappa shape index (κ1) is 15.5. The lowest BCUT2D eigenvalue weighted by atomic mass is 9.94. The van der Waals surface area contributed by atoms with Crippen LogP contribution in [0.25, 0.3) is 0 Å². The molecule has 0 aliphatic heterocycles. The highest BCUT2D eigenvalue weighted by atomic mass is 19.1. The highest BCUT2D eigenvalue weighted by Gasteiger charge is 2.16. The molecule has 0 aliphatic rings. The fraction of sp³-hybridized carbons (Fsp3) is 0.333. The standard InChI is InChI=1S/C18H22FNO/c1-4-10-20-18(14-6-5-7-16(12-14)21-3)17-9-8-15(19)11-13(17)2/h5-9,11-12,18,20H,4,10H2,1-3H3. The monoisotopic (exact) mass is 287 g/mol. The van der Waals surface area contributed by atoms with Gasteiger partial charge in [0.25, 0.3) is 0 Å². The lowest BCUT2D eigenvalue weighted by Crippen LogP contribution is -2.24. The fourth-order valence-corrected chi connectivity index (χ4v) is 2.48. The van der Waals surface area contributed by atoms with Gasteiger partial charge < -0.3 is 10.1 Å². The Balaban J connectivity index is 2.41. The van der Waals surface area contributed by atoms with Crippen LogP contribution >= 0.6 is 0 Å². The molecule has 0 saturated carbocycles. The maximum Gasteiger partial charge on any atom is 0.123 e. The Labute approximate surface area is 126 Å². The molecule has 0 fully saturated rings. The zero-order chi connectivity index (χ0) is 15.2. The minimum Gasteiger partial charge on any atom is -0.497 e. The molecule has 2 rings (SSSR count). The summed E-state index contributed by atoms with van der Waals surface area (Å²) in [5.74, 6) is 0.631. The van der Waals surface area contributed by atoms with Crippen molar-refractivity contribution in [3.63, 3.8) is 0 Å². The van der Waals surface area contributed by atoms with Gasteiger partial charge in [-0.25, -0.2) is 4.39 Å². The van der Waals surface area contributed by atoms with Crippen LogP contribution in [0.2, 0.25) is 0 Å². The number of hydrogen-bond donors (Lipinski definition) is 1. The first-order valence-electron chi connectivity index (χ1n) is 7.29. The Bertz CT molecular complexity index is 598. The van der Waals surface area contributed by atoms with Crippen LogP contribution in [0.5, 0.6) is 5.75 Å². The van der Waals surface area contributed by atoms with Gasteiger partial charge in [0, 0.05) is 0 Å². The number of hydrogen-bond acceptors (Lipinski definition) is 2. The summed E-state index contributed by atoms with van der Waals surface area (Å²) in [6, 6.07) is 13.0. The van der Waals surface area contributed by atoms with Gasteiger partial charge >= 0.3 is 0 Å². The SMILES string of the molecule is CCCNC(c1cccc(OC)c1)c1ccc(F)cc1C. The molecule has 0 radical (unpaired) electrons. The van der Waals surface area contributed by atoms with Gasteiger partial charge in [-0.15, -0.1) is 0 Å².